The van der Waals surface area contributed by atoms with Gasteiger partial charge in [0, 0.05) is 22.0 Å². The van der Waals surface area contributed by atoms with Crippen molar-refractivity contribution in [2.45, 2.75) is 46.0 Å². The Bertz CT molecular complexity index is 848. The van der Waals surface area contributed by atoms with Crippen LogP contribution in [-0.4, -0.2) is 38.1 Å². The van der Waals surface area contributed by atoms with E-state index >= 15 is 0 Å². The molecule has 0 aliphatic heterocycles. The van der Waals surface area contributed by atoms with E-state index in [9.17, 15) is 9.59 Å². The Hall–Kier alpha value is -2.06. The molecule has 180 valence electrons. The van der Waals surface area contributed by atoms with Gasteiger partial charge in [-0.25, -0.2) is 0 Å². The van der Waals surface area contributed by atoms with Crippen molar-refractivity contribution in [3.63, 3.8) is 0 Å². The van der Waals surface area contributed by atoms with Crippen LogP contribution in [0.5, 0.6) is 11.5 Å². The molecule has 0 spiro atoms. The predicted octanol–water partition coefficient (Wildman–Crippen LogP) is 6.12. The fourth-order valence-electron chi connectivity index (χ4n) is 2.95. The van der Waals surface area contributed by atoms with E-state index < -0.39 is 0 Å². The van der Waals surface area contributed by atoms with Crippen LogP contribution in [0.1, 0.15) is 66.7 Å². The van der Waals surface area contributed by atoms with Crippen LogP contribution in [0.3, 0.4) is 0 Å². The largest absolute Gasteiger partial charge is 0.493 e. The molecule has 0 bridgehead atoms. The van der Waals surface area contributed by atoms with Gasteiger partial charge in [-0.15, -0.1) is 0 Å². The topological polar surface area (TPSA) is 76.7 Å². The van der Waals surface area contributed by atoms with Crippen LogP contribution in [0.25, 0.3) is 0 Å². The molecule has 0 atom stereocenters. The molecule has 0 unspecified atom stereocenters. The second-order valence-electron chi connectivity index (χ2n) is 7.55. The second-order valence-corrected chi connectivity index (χ2v) is 9.38. The van der Waals surface area contributed by atoms with Crippen molar-refractivity contribution in [3.8, 4) is 11.5 Å². The van der Waals surface area contributed by atoms with E-state index in [1.165, 1.54) is 0 Å². The summed E-state index contributed by atoms with van der Waals surface area (Å²) >= 11 is 6.82. The van der Waals surface area contributed by atoms with Crippen LogP contribution in [0.15, 0.2) is 45.3 Å². The SMILES string of the molecule is CCCCOc1ccc(Br)cc1C(=O)NCCCNC(=O)c1cc(Br)ccc1OCCCC. The van der Waals surface area contributed by atoms with E-state index in [1.54, 1.807) is 24.3 Å². The Kier molecular flexibility index (Phi) is 12.3. The number of ether oxygens (including phenoxy) is 2. The van der Waals surface area contributed by atoms with Crippen molar-refractivity contribution >= 4 is 43.7 Å². The number of amides is 2. The van der Waals surface area contributed by atoms with E-state index in [0.29, 0.717) is 55.4 Å². The summed E-state index contributed by atoms with van der Waals surface area (Å²) < 4.78 is 13.2. The first kappa shape index (κ1) is 27.2. The Labute approximate surface area is 213 Å². The van der Waals surface area contributed by atoms with Crippen molar-refractivity contribution in [3.05, 3.63) is 56.5 Å². The zero-order valence-electron chi connectivity index (χ0n) is 19.2. The highest BCUT2D eigenvalue weighted by Crippen LogP contribution is 2.24. The number of carbonyl (C=O) groups excluding carboxylic acids is 2. The summed E-state index contributed by atoms with van der Waals surface area (Å²) in [5.41, 5.74) is 0.986. The molecule has 0 radical (unpaired) electrons. The maximum Gasteiger partial charge on any atom is 0.255 e. The van der Waals surface area contributed by atoms with Crippen molar-refractivity contribution in [2.24, 2.45) is 0 Å². The molecule has 2 N–H and O–H groups in total. The standard InChI is InChI=1S/C25H32Br2N2O4/c1-3-5-14-32-22-10-8-18(26)16-20(22)24(30)28-12-7-13-29-25(31)21-17-19(27)9-11-23(21)33-15-6-4-2/h8-11,16-17H,3-7,12-15H2,1-2H3,(H,28,30)(H,29,31). The van der Waals surface area contributed by atoms with Crippen LogP contribution in [-0.2, 0) is 0 Å². The quantitative estimate of drug-likeness (QED) is 0.263. The first-order valence-corrected chi connectivity index (χ1v) is 13.0. The van der Waals surface area contributed by atoms with E-state index in [4.69, 9.17) is 9.47 Å². The summed E-state index contributed by atoms with van der Waals surface area (Å²) in [4.78, 5) is 25.3. The molecule has 2 aromatic carbocycles. The van der Waals surface area contributed by atoms with Gasteiger partial charge in [-0.1, -0.05) is 58.5 Å². The number of unbranched alkanes of at least 4 members (excludes halogenated alkanes) is 2. The van der Waals surface area contributed by atoms with Crippen LogP contribution >= 0.6 is 31.9 Å². The minimum absolute atomic E-state index is 0.201. The van der Waals surface area contributed by atoms with Gasteiger partial charge in [0.1, 0.15) is 11.5 Å². The third-order valence-corrected chi connectivity index (χ3v) is 5.79. The fraction of sp³-hybridized carbons (Fsp3) is 0.440. The zero-order valence-corrected chi connectivity index (χ0v) is 22.4. The first-order chi connectivity index (χ1) is 16.0. The van der Waals surface area contributed by atoms with Crippen molar-refractivity contribution in [1.29, 1.82) is 0 Å². The molecular formula is C25H32Br2N2O4. The molecular weight excluding hydrogens is 552 g/mol. The van der Waals surface area contributed by atoms with Crippen LogP contribution in [0.4, 0.5) is 0 Å². The van der Waals surface area contributed by atoms with E-state index in [1.807, 2.05) is 12.1 Å². The normalized spacial score (nSPS) is 10.5. The van der Waals surface area contributed by atoms with Gasteiger partial charge in [0.15, 0.2) is 0 Å². The van der Waals surface area contributed by atoms with Gasteiger partial charge in [0.25, 0.3) is 11.8 Å². The first-order valence-electron chi connectivity index (χ1n) is 11.4. The van der Waals surface area contributed by atoms with Gasteiger partial charge in [0.2, 0.25) is 0 Å². The molecule has 0 saturated carbocycles. The summed E-state index contributed by atoms with van der Waals surface area (Å²) in [5.74, 6) is 0.742. The van der Waals surface area contributed by atoms with Gasteiger partial charge >= 0.3 is 0 Å². The lowest BCUT2D eigenvalue weighted by Gasteiger charge is -2.13. The van der Waals surface area contributed by atoms with E-state index in [2.05, 4.69) is 56.3 Å². The van der Waals surface area contributed by atoms with E-state index in [-0.39, 0.29) is 11.8 Å². The maximum atomic E-state index is 12.7. The molecule has 0 saturated heterocycles. The molecule has 33 heavy (non-hydrogen) atoms. The molecule has 0 aliphatic rings. The Morgan fingerprint density at radius 1 is 0.727 bits per heavy atom. The lowest BCUT2D eigenvalue weighted by Crippen LogP contribution is -2.30. The summed E-state index contributed by atoms with van der Waals surface area (Å²) in [6.07, 6.45) is 4.50. The summed E-state index contributed by atoms with van der Waals surface area (Å²) in [5, 5.41) is 5.80. The highest BCUT2D eigenvalue weighted by Gasteiger charge is 2.15. The predicted molar refractivity (Wildman–Crippen MR) is 138 cm³/mol. The van der Waals surface area contributed by atoms with E-state index in [0.717, 1.165) is 34.6 Å². The number of carbonyl (C=O) groups is 2. The molecule has 2 amide bonds. The molecule has 2 aromatic rings. The van der Waals surface area contributed by atoms with Gasteiger partial charge in [-0.3, -0.25) is 9.59 Å². The van der Waals surface area contributed by atoms with Crippen LogP contribution in [0, 0.1) is 0 Å². The molecule has 2 rings (SSSR count). The third-order valence-electron chi connectivity index (χ3n) is 4.81. The van der Waals surface area contributed by atoms with Gasteiger partial charge in [0.05, 0.1) is 24.3 Å². The average Bonchev–Trinajstić information content (AvgIpc) is 2.80. The minimum Gasteiger partial charge on any atom is -0.493 e. The monoisotopic (exact) mass is 582 g/mol. The van der Waals surface area contributed by atoms with Crippen molar-refractivity contribution in [1.82, 2.24) is 10.6 Å². The number of hydrogen-bond donors (Lipinski definition) is 2. The maximum absolute atomic E-state index is 12.7. The number of rotatable bonds is 14. The van der Waals surface area contributed by atoms with Gasteiger partial charge in [-0.05, 0) is 55.7 Å². The molecule has 0 heterocycles. The van der Waals surface area contributed by atoms with Crippen molar-refractivity contribution < 1.29 is 19.1 Å². The van der Waals surface area contributed by atoms with Crippen molar-refractivity contribution in [2.75, 3.05) is 26.3 Å². The third kappa shape index (κ3) is 9.37. The number of benzene rings is 2. The van der Waals surface area contributed by atoms with Crippen LogP contribution in [0.2, 0.25) is 0 Å². The number of halogens is 2. The molecule has 0 aliphatic carbocycles. The Balaban J connectivity index is 1.84. The summed E-state index contributed by atoms with van der Waals surface area (Å²) in [6, 6.07) is 10.8. The molecule has 6 nitrogen and oxygen atoms in total. The Morgan fingerprint density at radius 2 is 1.15 bits per heavy atom. The highest BCUT2D eigenvalue weighted by molar-refractivity contribution is 9.10. The second kappa shape index (κ2) is 15.0. The minimum atomic E-state index is -0.201. The Morgan fingerprint density at radius 3 is 1.55 bits per heavy atom. The fourth-order valence-corrected chi connectivity index (χ4v) is 3.67. The van der Waals surface area contributed by atoms with Gasteiger partial charge < -0.3 is 20.1 Å². The molecule has 8 heteroatoms. The lowest BCUT2D eigenvalue weighted by molar-refractivity contribution is 0.0948. The summed E-state index contributed by atoms with van der Waals surface area (Å²) in [6.45, 7) is 6.19. The number of hydrogen-bond acceptors (Lipinski definition) is 4. The molecule has 0 aromatic heterocycles. The average molecular weight is 584 g/mol. The highest BCUT2D eigenvalue weighted by atomic mass is 79.9. The lowest BCUT2D eigenvalue weighted by atomic mass is 10.1. The van der Waals surface area contributed by atoms with Gasteiger partial charge in [-0.2, -0.15) is 0 Å². The van der Waals surface area contributed by atoms with Crippen LogP contribution < -0.4 is 20.1 Å². The number of nitrogens with one attached hydrogen (secondary N) is 2. The molecule has 0 fully saturated rings. The zero-order chi connectivity index (χ0) is 24.1. The summed E-state index contributed by atoms with van der Waals surface area (Å²) in [7, 11) is 0. The smallest absolute Gasteiger partial charge is 0.255 e.